The van der Waals surface area contributed by atoms with E-state index >= 15 is 0 Å². The van der Waals surface area contributed by atoms with E-state index in [2.05, 4.69) is 26.2 Å². The van der Waals surface area contributed by atoms with Crippen molar-refractivity contribution in [2.75, 3.05) is 5.32 Å². The summed E-state index contributed by atoms with van der Waals surface area (Å²) in [6.07, 6.45) is 2.98. The summed E-state index contributed by atoms with van der Waals surface area (Å²) in [6, 6.07) is 17.2. The van der Waals surface area contributed by atoms with Gasteiger partial charge in [-0.2, -0.15) is 0 Å². The molecule has 0 bridgehead atoms. The third-order valence-electron chi connectivity index (χ3n) is 4.15. The van der Waals surface area contributed by atoms with Crippen molar-refractivity contribution in [1.29, 1.82) is 0 Å². The van der Waals surface area contributed by atoms with Gasteiger partial charge >= 0.3 is 0 Å². The summed E-state index contributed by atoms with van der Waals surface area (Å²) in [5.41, 5.74) is 1.81. The predicted molar refractivity (Wildman–Crippen MR) is 103 cm³/mol. The number of para-hydroxylation sites is 1. The molecule has 0 aliphatic heterocycles. The van der Waals surface area contributed by atoms with Crippen molar-refractivity contribution in [3.63, 3.8) is 0 Å². The molecule has 29 heavy (non-hydrogen) atoms. The number of nitrogens with zero attached hydrogens (tertiary/aromatic N) is 4. The summed E-state index contributed by atoms with van der Waals surface area (Å²) in [4.78, 5) is 25.3. The lowest BCUT2D eigenvalue weighted by molar-refractivity contribution is 0.0949. The molecule has 0 atom stereocenters. The Labute approximate surface area is 165 Å². The Morgan fingerprint density at radius 2 is 1.90 bits per heavy atom. The molecule has 0 fully saturated rings. The highest BCUT2D eigenvalue weighted by molar-refractivity contribution is 6.09. The molecule has 0 spiro atoms. The molecule has 4 aromatic rings. The molecule has 0 saturated heterocycles. The van der Waals surface area contributed by atoms with Gasteiger partial charge in [-0.05, 0) is 52.9 Å². The third kappa shape index (κ3) is 4.19. The van der Waals surface area contributed by atoms with Gasteiger partial charge in [-0.1, -0.05) is 18.2 Å². The molecule has 2 heterocycles. The Kier molecular flexibility index (Phi) is 5.10. The maximum absolute atomic E-state index is 12.7. The van der Waals surface area contributed by atoms with Crippen LogP contribution < -0.4 is 10.6 Å². The molecule has 9 heteroatoms. The molecule has 0 radical (unpaired) electrons. The van der Waals surface area contributed by atoms with Crippen molar-refractivity contribution in [2.45, 2.75) is 6.54 Å². The van der Waals surface area contributed by atoms with E-state index in [0.717, 1.165) is 0 Å². The fourth-order valence-electron chi connectivity index (χ4n) is 2.73. The molecule has 0 unspecified atom stereocenters. The third-order valence-corrected chi connectivity index (χ3v) is 4.15. The fraction of sp³-hybridized carbons (Fsp3) is 0.0500. The van der Waals surface area contributed by atoms with Crippen LogP contribution in [0.3, 0.4) is 0 Å². The van der Waals surface area contributed by atoms with Gasteiger partial charge < -0.3 is 15.1 Å². The zero-order valence-electron chi connectivity index (χ0n) is 15.1. The molecule has 2 amide bonds. The van der Waals surface area contributed by atoms with Gasteiger partial charge in [-0.3, -0.25) is 9.59 Å². The number of carbonyl (C=O) groups is 2. The smallest absolute Gasteiger partial charge is 0.255 e. The number of hydrogen-bond acceptors (Lipinski definition) is 6. The van der Waals surface area contributed by atoms with Crippen molar-refractivity contribution in [3.05, 3.63) is 90.1 Å². The van der Waals surface area contributed by atoms with E-state index < -0.39 is 0 Å². The van der Waals surface area contributed by atoms with Crippen LogP contribution in [0, 0.1) is 0 Å². The second kappa shape index (κ2) is 8.17. The van der Waals surface area contributed by atoms with Crippen LogP contribution in [0.5, 0.6) is 0 Å². The fourth-order valence-corrected chi connectivity index (χ4v) is 2.73. The van der Waals surface area contributed by atoms with Gasteiger partial charge in [0.2, 0.25) is 0 Å². The number of rotatable bonds is 6. The van der Waals surface area contributed by atoms with Crippen molar-refractivity contribution in [2.24, 2.45) is 0 Å². The summed E-state index contributed by atoms with van der Waals surface area (Å²) >= 11 is 0. The number of hydrogen-bond donors (Lipinski definition) is 2. The Bertz CT molecular complexity index is 1120. The lowest BCUT2D eigenvalue weighted by Crippen LogP contribution is -2.24. The van der Waals surface area contributed by atoms with Gasteiger partial charge in [0.15, 0.2) is 0 Å². The van der Waals surface area contributed by atoms with E-state index in [0.29, 0.717) is 28.3 Å². The first kappa shape index (κ1) is 18.1. The SMILES string of the molecule is O=C(Nc1ccccc1C(=O)NCc1ccco1)c1cccc(-n2cnnn2)c1. The van der Waals surface area contributed by atoms with Crippen LogP contribution in [0.2, 0.25) is 0 Å². The molecule has 2 aromatic heterocycles. The van der Waals surface area contributed by atoms with Crippen LogP contribution in [0.1, 0.15) is 26.5 Å². The zero-order valence-corrected chi connectivity index (χ0v) is 15.1. The number of amides is 2. The maximum Gasteiger partial charge on any atom is 0.255 e. The number of carbonyl (C=O) groups excluding carboxylic acids is 2. The zero-order chi connectivity index (χ0) is 20.1. The number of benzene rings is 2. The highest BCUT2D eigenvalue weighted by Gasteiger charge is 2.15. The van der Waals surface area contributed by atoms with E-state index in [1.54, 1.807) is 66.9 Å². The van der Waals surface area contributed by atoms with E-state index in [-0.39, 0.29) is 18.4 Å². The van der Waals surface area contributed by atoms with Crippen LogP contribution >= 0.6 is 0 Å². The number of furan rings is 1. The van der Waals surface area contributed by atoms with Gasteiger partial charge in [-0.25, -0.2) is 4.68 Å². The van der Waals surface area contributed by atoms with Crippen LogP contribution in [-0.4, -0.2) is 32.0 Å². The minimum absolute atomic E-state index is 0.252. The first-order valence-corrected chi connectivity index (χ1v) is 8.75. The Hall–Kier alpha value is -4.27. The molecule has 2 aromatic carbocycles. The lowest BCUT2D eigenvalue weighted by atomic mass is 10.1. The van der Waals surface area contributed by atoms with Crippen LogP contribution in [-0.2, 0) is 6.54 Å². The van der Waals surface area contributed by atoms with Crippen LogP contribution in [0.4, 0.5) is 5.69 Å². The van der Waals surface area contributed by atoms with Gasteiger partial charge in [0.1, 0.15) is 12.1 Å². The summed E-state index contributed by atoms with van der Waals surface area (Å²) in [6.45, 7) is 0.252. The Balaban J connectivity index is 1.50. The van der Waals surface area contributed by atoms with E-state index in [1.807, 2.05) is 0 Å². The van der Waals surface area contributed by atoms with Gasteiger partial charge in [-0.15, -0.1) is 5.10 Å². The molecule has 0 saturated carbocycles. The molecule has 2 N–H and O–H groups in total. The molecule has 4 rings (SSSR count). The molecular formula is C20H16N6O3. The van der Waals surface area contributed by atoms with Gasteiger partial charge in [0, 0.05) is 5.56 Å². The molecule has 0 aliphatic rings. The van der Waals surface area contributed by atoms with Crippen molar-refractivity contribution in [1.82, 2.24) is 25.5 Å². The predicted octanol–water partition coefficient (Wildman–Crippen LogP) is 2.44. The van der Waals surface area contributed by atoms with Gasteiger partial charge in [0.05, 0.1) is 29.7 Å². The second-order valence-corrected chi connectivity index (χ2v) is 6.07. The van der Waals surface area contributed by atoms with Gasteiger partial charge in [0.25, 0.3) is 11.8 Å². The standard InChI is InChI=1S/C20H16N6O3/c27-19(14-5-3-6-15(11-14)26-13-22-24-25-26)23-18-9-2-1-8-17(18)20(28)21-12-16-7-4-10-29-16/h1-11,13H,12H2,(H,21,28)(H,23,27). The van der Waals surface area contributed by atoms with E-state index in [4.69, 9.17) is 4.42 Å². The minimum atomic E-state index is -0.355. The summed E-state index contributed by atoms with van der Waals surface area (Å²) in [5, 5.41) is 16.6. The highest BCUT2D eigenvalue weighted by atomic mass is 16.3. The van der Waals surface area contributed by atoms with E-state index in [9.17, 15) is 9.59 Å². The van der Waals surface area contributed by atoms with E-state index in [1.165, 1.54) is 11.0 Å². The van der Waals surface area contributed by atoms with Crippen molar-refractivity contribution < 1.29 is 14.0 Å². The highest BCUT2D eigenvalue weighted by Crippen LogP contribution is 2.17. The lowest BCUT2D eigenvalue weighted by Gasteiger charge is -2.11. The average molecular weight is 388 g/mol. The molecule has 144 valence electrons. The molecule has 0 aliphatic carbocycles. The monoisotopic (exact) mass is 388 g/mol. The number of anilines is 1. The largest absolute Gasteiger partial charge is 0.467 e. The second-order valence-electron chi connectivity index (χ2n) is 6.07. The summed E-state index contributed by atoms with van der Waals surface area (Å²) < 4.78 is 6.66. The van der Waals surface area contributed by atoms with Crippen molar-refractivity contribution >= 4 is 17.5 Å². The average Bonchev–Trinajstić information content (AvgIpc) is 3.47. The number of tetrazole rings is 1. The first-order valence-electron chi connectivity index (χ1n) is 8.75. The normalized spacial score (nSPS) is 10.5. The minimum Gasteiger partial charge on any atom is -0.467 e. The maximum atomic E-state index is 12.7. The number of aromatic nitrogens is 4. The Morgan fingerprint density at radius 1 is 1.00 bits per heavy atom. The van der Waals surface area contributed by atoms with Crippen LogP contribution in [0.15, 0.2) is 77.7 Å². The summed E-state index contributed by atoms with van der Waals surface area (Å²) in [5.74, 6) is -0.0368. The molecular weight excluding hydrogens is 372 g/mol. The molecule has 9 nitrogen and oxygen atoms in total. The number of nitrogens with one attached hydrogen (secondary N) is 2. The van der Waals surface area contributed by atoms with Crippen molar-refractivity contribution in [3.8, 4) is 5.69 Å². The quantitative estimate of drug-likeness (QED) is 0.524. The topological polar surface area (TPSA) is 115 Å². The van der Waals surface area contributed by atoms with Crippen LogP contribution in [0.25, 0.3) is 5.69 Å². The Morgan fingerprint density at radius 3 is 2.69 bits per heavy atom. The summed E-state index contributed by atoms with van der Waals surface area (Å²) in [7, 11) is 0. The first-order chi connectivity index (χ1) is 14.2.